The highest BCUT2D eigenvalue weighted by Crippen LogP contribution is 2.26. The third-order valence-electron chi connectivity index (χ3n) is 4.83. The Morgan fingerprint density at radius 2 is 2.19 bits per heavy atom. The van der Waals surface area contributed by atoms with Crippen molar-refractivity contribution in [2.24, 2.45) is 0 Å². The van der Waals surface area contributed by atoms with Crippen molar-refractivity contribution in [2.45, 2.75) is 12.1 Å². The lowest BCUT2D eigenvalue weighted by Gasteiger charge is -2.37. The first kappa shape index (κ1) is 17.2. The number of hydrogen-bond donors (Lipinski definition) is 1. The normalized spacial score (nSPS) is 24.4. The smallest absolute Gasteiger partial charge is 0.260 e. The van der Waals surface area contributed by atoms with Crippen molar-refractivity contribution in [3.63, 3.8) is 0 Å². The Hall–Kier alpha value is -2.26. The van der Waals surface area contributed by atoms with E-state index in [0.717, 1.165) is 0 Å². The van der Waals surface area contributed by atoms with Crippen molar-refractivity contribution < 1.29 is 22.3 Å². The predicted molar refractivity (Wildman–Crippen MR) is 93.1 cm³/mol. The number of nitrogens with one attached hydrogen (secondary N) is 1. The van der Waals surface area contributed by atoms with E-state index < -0.39 is 15.7 Å². The second-order valence-electron chi connectivity index (χ2n) is 6.53. The van der Waals surface area contributed by atoms with Gasteiger partial charge in [-0.15, -0.1) is 0 Å². The molecule has 2 fully saturated rings. The van der Waals surface area contributed by atoms with Crippen molar-refractivity contribution >= 4 is 26.6 Å². The average Bonchev–Trinajstić information content (AvgIpc) is 2.95. The van der Waals surface area contributed by atoms with Gasteiger partial charge in [0.1, 0.15) is 17.1 Å². The molecule has 9 heteroatoms. The van der Waals surface area contributed by atoms with Gasteiger partial charge in [-0.3, -0.25) is 9.78 Å². The highest BCUT2D eigenvalue weighted by atomic mass is 32.2. The van der Waals surface area contributed by atoms with E-state index in [-0.39, 0.29) is 36.1 Å². The lowest BCUT2D eigenvalue weighted by Crippen LogP contribution is -2.59. The van der Waals surface area contributed by atoms with Gasteiger partial charge in [-0.1, -0.05) is 0 Å². The Balaban J connectivity index is 1.50. The number of pyridine rings is 1. The van der Waals surface area contributed by atoms with Crippen LogP contribution in [-0.4, -0.2) is 67.5 Å². The molecule has 7 nitrogen and oxygen atoms in total. The van der Waals surface area contributed by atoms with E-state index in [9.17, 15) is 17.6 Å². The summed E-state index contributed by atoms with van der Waals surface area (Å²) in [7, 11) is -3.14. The quantitative estimate of drug-likeness (QED) is 0.828. The topological polar surface area (TPSA) is 88.6 Å². The second kappa shape index (κ2) is 6.48. The molecule has 4 rings (SSSR count). The van der Waals surface area contributed by atoms with Gasteiger partial charge in [0.25, 0.3) is 5.91 Å². The van der Waals surface area contributed by atoms with E-state index in [1.165, 1.54) is 18.3 Å². The molecule has 1 aromatic carbocycles. The Morgan fingerprint density at radius 3 is 3.04 bits per heavy atom. The highest BCUT2D eigenvalue weighted by Gasteiger charge is 2.44. The molecule has 0 bridgehead atoms. The molecule has 2 aliphatic rings. The SMILES string of the molecule is O=C(COc1ccc(F)c2cccnc12)N1CCN[C@H]2CS(=O)(=O)C[C@H]21. The lowest BCUT2D eigenvalue weighted by molar-refractivity contribution is -0.136. The molecule has 1 N–H and O–H groups in total. The summed E-state index contributed by atoms with van der Waals surface area (Å²) in [5.74, 6) is -0.354. The van der Waals surface area contributed by atoms with Crippen LogP contribution in [0.1, 0.15) is 0 Å². The molecule has 2 aliphatic heterocycles. The molecule has 0 spiro atoms. The van der Waals surface area contributed by atoms with Crippen LogP contribution in [0.4, 0.5) is 4.39 Å². The van der Waals surface area contributed by atoms with Gasteiger partial charge in [0.05, 0.1) is 17.5 Å². The number of nitrogens with zero attached hydrogens (tertiary/aromatic N) is 2. The predicted octanol–water partition coefficient (Wildman–Crippen LogP) is 0.350. The van der Waals surface area contributed by atoms with Gasteiger partial charge in [-0.2, -0.15) is 0 Å². The summed E-state index contributed by atoms with van der Waals surface area (Å²) in [6, 6.07) is 5.34. The first-order valence-electron chi connectivity index (χ1n) is 8.34. The standard InChI is InChI=1S/C17H18FN3O4S/c18-12-3-4-15(17-11(12)2-1-5-20-17)25-8-16(22)21-7-6-19-13-9-26(23,24)10-14(13)21/h1-5,13-14,19H,6-10H2/t13-,14+/m0/s1. The first-order chi connectivity index (χ1) is 12.4. The molecule has 0 aliphatic carbocycles. The monoisotopic (exact) mass is 379 g/mol. The van der Waals surface area contributed by atoms with Gasteiger partial charge in [-0.25, -0.2) is 12.8 Å². The maximum atomic E-state index is 13.8. The first-order valence-corrected chi connectivity index (χ1v) is 10.2. The van der Waals surface area contributed by atoms with Crippen molar-refractivity contribution in [3.05, 3.63) is 36.3 Å². The molecular weight excluding hydrogens is 361 g/mol. The molecule has 3 heterocycles. The van der Waals surface area contributed by atoms with Crippen LogP contribution in [0.3, 0.4) is 0 Å². The van der Waals surface area contributed by atoms with Gasteiger partial charge in [-0.05, 0) is 24.3 Å². The highest BCUT2D eigenvalue weighted by molar-refractivity contribution is 7.91. The third kappa shape index (κ3) is 3.12. The number of carbonyl (C=O) groups excluding carboxylic acids is 1. The van der Waals surface area contributed by atoms with Gasteiger partial charge in [0.15, 0.2) is 16.4 Å². The number of benzene rings is 1. The van der Waals surface area contributed by atoms with Crippen molar-refractivity contribution in [1.29, 1.82) is 0 Å². The van der Waals surface area contributed by atoms with Crippen LogP contribution in [0.25, 0.3) is 10.9 Å². The summed E-state index contributed by atoms with van der Waals surface area (Å²) in [5, 5.41) is 3.48. The molecule has 1 amide bonds. The van der Waals surface area contributed by atoms with E-state index in [0.29, 0.717) is 29.7 Å². The van der Waals surface area contributed by atoms with E-state index in [4.69, 9.17) is 4.74 Å². The van der Waals surface area contributed by atoms with Crippen LogP contribution in [-0.2, 0) is 14.6 Å². The summed E-state index contributed by atoms with van der Waals surface area (Å²) in [5.41, 5.74) is 0.349. The molecule has 138 valence electrons. The lowest BCUT2D eigenvalue weighted by atomic mass is 10.1. The molecular formula is C17H18FN3O4S. The van der Waals surface area contributed by atoms with Gasteiger partial charge >= 0.3 is 0 Å². The van der Waals surface area contributed by atoms with Crippen LogP contribution in [0.2, 0.25) is 0 Å². The number of fused-ring (bicyclic) bond motifs is 2. The minimum Gasteiger partial charge on any atom is -0.481 e. The molecule has 2 atom stereocenters. The van der Waals surface area contributed by atoms with Crippen LogP contribution >= 0.6 is 0 Å². The number of carbonyl (C=O) groups is 1. The van der Waals surface area contributed by atoms with Gasteiger partial charge in [0.2, 0.25) is 0 Å². The van der Waals surface area contributed by atoms with Gasteiger partial charge in [0, 0.05) is 30.7 Å². The summed E-state index contributed by atoms with van der Waals surface area (Å²) >= 11 is 0. The Labute approximate surface area is 150 Å². The van der Waals surface area contributed by atoms with E-state index in [1.807, 2.05) is 0 Å². The third-order valence-corrected chi connectivity index (χ3v) is 6.55. The molecule has 2 saturated heterocycles. The van der Waals surface area contributed by atoms with Crippen LogP contribution in [0, 0.1) is 5.82 Å². The van der Waals surface area contributed by atoms with E-state index in [1.54, 1.807) is 17.0 Å². The zero-order valence-corrected chi connectivity index (χ0v) is 14.7. The zero-order chi connectivity index (χ0) is 18.3. The number of aromatic nitrogens is 1. The fourth-order valence-electron chi connectivity index (χ4n) is 3.63. The maximum absolute atomic E-state index is 13.8. The summed E-state index contributed by atoms with van der Waals surface area (Å²) in [4.78, 5) is 18.3. The number of amides is 1. The summed E-state index contributed by atoms with van der Waals surface area (Å²) < 4.78 is 43.2. The molecule has 0 radical (unpaired) electrons. The average molecular weight is 379 g/mol. The second-order valence-corrected chi connectivity index (χ2v) is 8.68. The zero-order valence-electron chi connectivity index (χ0n) is 13.9. The Bertz CT molecular complexity index is 966. The van der Waals surface area contributed by atoms with E-state index in [2.05, 4.69) is 10.3 Å². The fourth-order valence-corrected chi connectivity index (χ4v) is 5.58. The fraction of sp³-hybridized carbons (Fsp3) is 0.412. The summed E-state index contributed by atoms with van der Waals surface area (Å²) in [6.07, 6.45) is 1.53. The number of rotatable bonds is 3. The number of piperazine rings is 1. The number of ether oxygens (including phenoxy) is 1. The van der Waals surface area contributed by atoms with E-state index >= 15 is 0 Å². The van der Waals surface area contributed by atoms with Gasteiger partial charge < -0.3 is 15.0 Å². The molecule has 0 unspecified atom stereocenters. The van der Waals surface area contributed by atoms with Crippen molar-refractivity contribution in [1.82, 2.24) is 15.2 Å². The van der Waals surface area contributed by atoms with Crippen molar-refractivity contribution in [2.75, 3.05) is 31.2 Å². The van der Waals surface area contributed by atoms with Crippen molar-refractivity contribution in [3.8, 4) is 5.75 Å². The number of hydrogen-bond acceptors (Lipinski definition) is 6. The number of halogens is 1. The Kier molecular flexibility index (Phi) is 4.28. The molecule has 0 saturated carbocycles. The Morgan fingerprint density at radius 1 is 1.35 bits per heavy atom. The maximum Gasteiger partial charge on any atom is 0.260 e. The number of sulfone groups is 1. The minimum atomic E-state index is -3.14. The molecule has 26 heavy (non-hydrogen) atoms. The largest absolute Gasteiger partial charge is 0.481 e. The molecule has 2 aromatic rings. The van der Waals surface area contributed by atoms with Crippen LogP contribution in [0.5, 0.6) is 5.75 Å². The minimum absolute atomic E-state index is 0.0303. The molecule has 1 aromatic heterocycles. The van der Waals surface area contributed by atoms with Crippen LogP contribution in [0.15, 0.2) is 30.5 Å². The van der Waals surface area contributed by atoms with Crippen LogP contribution < -0.4 is 10.1 Å². The summed E-state index contributed by atoms with van der Waals surface area (Å²) in [6.45, 7) is 0.728.